The van der Waals surface area contributed by atoms with Crippen LogP contribution in [0, 0.1) is 13.8 Å². The lowest BCUT2D eigenvalue weighted by atomic mass is 9.95. The molecule has 0 fully saturated rings. The quantitative estimate of drug-likeness (QED) is 0.365. The molecule has 0 saturated heterocycles. The van der Waals surface area contributed by atoms with Gasteiger partial charge in [0.1, 0.15) is 5.00 Å². The fraction of sp³-hybridized carbons (Fsp3) is 0.296. The number of aromatic nitrogens is 1. The first-order chi connectivity index (χ1) is 16.4. The third-order valence-corrected chi connectivity index (χ3v) is 7.86. The van der Waals surface area contributed by atoms with Gasteiger partial charge in [0.05, 0.1) is 29.6 Å². The number of ether oxygens (including phenoxy) is 1. The van der Waals surface area contributed by atoms with Crippen LogP contribution in [0.15, 0.2) is 47.1 Å². The van der Waals surface area contributed by atoms with Crippen LogP contribution < -0.4 is 5.01 Å². The second-order valence-corrected chi connectivity index (χ2v) is 9.82. The predicted octanol–water partition coefficient (Wildman–Crippen LogP) is 5.63. The van der Waals surface area contributed by atoms with E-state index in [1.165, 1.54) is 17.0 Å². The molecule has 0 saturated carbocycles. The van der Waals surface area contributed by atoms with Crippen molar-refractivity contribution < 1.29 is 14.3 Å². The number of para-hydroxylation sites is 1. The molecule has 0 bridgehead atoms. The summed E-state index contributed by atoms with van der Waals surface area (Å²) in [5, 5.41) is 6.85. The fourth-order valence-electron chi connectivity index (χ4n) is 4.85. The van der Waals surface area contributed by atoms with Crippen LogP contribution in [0.2, 0.25) is 0 Å². The van der Waals surface area contributed by atoms with Crippen LogP contribution in [0.1, 0.15) is 57.5 Å². The van der Waals surface area contributed by atoms with Gasteiger partial charge in [-0.2, -0.15) is 10.1 Å². The molecule has 1 amide bonds. The number of hydrazone groups is 1. The van der Waals surface area contributed by atoms with E-state index in [1.807, 2.05) is 57.2 Å². The molecule has 0 radical (unpaired) electrons. The molecule has 3 heterocycles. The SMILES string of the molecule is COC(=O)c1c(-n2c(C)cc(C=C3C(=O)N(c4ccccc4)N=C3C)c2C)sc2c1CCCC2. The Labute approximate surface area is 203 Å². The lowest BCUT2D eigenvalue weighted by molar-refractivity contribution is -0.114. The minimum absolute atomic E-state index is 0.143. The molecular formula is C27H27N3O3S. The number of carbonyl (C=O) groups is 2. The maximum atomic E-state index is 13.2. The number of thiophene rings is 1. The normalized spacial score (nSPS) is 16.7. The molecule has 3 aromatic rings. The van der Waals surface area contributed by atoms with E-state index in [0.717, 1.165) is 58.9 Å². The first-order valence-corrected chi connectivity index (χ1v) is 12.3. The molecule has 0 atom stereocenters. The highest BCUT2D eigenvalue weighted by Crippen LogP contribution is 2.39. The molecule has 0 unspecified atom stereocenters. The van der Waals surface area contributed by atoms with Gasteiger partial charge in [-0.15, -0.1) is 11.3 Å². The summed E-state index contributed by atoms with van der Waals surface area (Å²) >= 11 is 1.68. The molecule has 174 valence electrons. The number of methoxy groups -OCH3 is 1. The monoisotopic (exact) mass is 473 g/mol. The molecule has 1 aliphatic carbocycles. The number of aryl methyl sites for hydroxylation is 2. The number of hydrogen-bond donors (Lipinski definition) is 0. The molecule has 2 aromatic heterocycles. The molecule has 0 N–H and O–H groups in total. The second-order valence-electron chi connectivity index (χ2n) is 8.74. The van der Waals surface area contributed by atoms with Crippen molar-refractivity contribution in [2.45, 2.75) is 46.5 Å². The minimum atomic E-state index is -0.283. The topological polar surface area (TPSA) is 63.9 Å². The van der Waals surface area contributed by atoms with E-state index in [0.29, 0.717) is 16.8 Å². The van der Waals surface area contributed by atoms with E-state index in [-0.39, 0.29) is 11.9 Å². The van der Waals surface area contributed by atoms with Gasteiger partial charge in [0.2, 0.25) is 0 Å². The number of esters is 1. The number of carbonyl (C=O) groups excluding carboxylic acids is 2. The zero-order valence-corrected chi connectivity index (χ0v) is 20.7. The lowest BCUT2D eigenvalue weighted by Crippen LogP contribution is -2.21. The predicted molar refractivity (Wildman–Crippen MR) is 136 cm³/mol. The Balaban J connectivity index is 1.58. The zero-order valence-electron chi connectivity index (χ0n) is 19.8. The average Bonchev–Trinajstić information content (AvgIpc) is 3.45. The molecular weight excluding hydrogens is 446 g/mol. The summed E-state index contributed by atoms with van der Waals surface area (Å²) < 4.78 is 7.30. The van der Waals surface area contributed by atoms with Crippen LogP contribution in [-0.2, 0) is 22.4 Å². The van der Waals surface area contributed by atoms with Crippen molar-refractivity contribution in [3.8, 4) is 5.00 Å². The molecule has 5 rings (SSSR count). The van der Waals surface area contributed by atoms with Gasteiger partial charge in [-0.05, 0) is 81.9 Å². The van der Waals surface area contributed by atoms with Gasteiger partial charge in [0.25, 0.3) is 5.91 Å². The number of anilines is 1. The number of hydrogen-bond acceptors (Lipinski definition) is 5. The largest absolute Gasteiger partial charge is 0.465 e. The Hall–Kier alpha value is -3.45. The first kappa shape index (κ1) is 22.3. The Bertz CT molecular complexity index is 1360. The van der Waals surface area contributed by atoms with Crippen molar-refractivity contribution >= 4 is 40.7 Å². The highest BCUT2D eigenvalue weighted by molar-refractivity contribution is 7.15. The van der Waals surface area contributed by atoms with E-state index in [1.54, 1.807) is 11.3 Å². The number of amides is 1. The summed E-state index contributed by atoms with van der Waals surface area (Å²) in [4.78, 5) is 27.3. The van der Waals surface area contributed by atoms with Crippen molar-refractivity contribution in [3.05, 3.63) is 74.9 Å². The molecule has 34 heavy (non-hydrogen) atoms. The van der Waals surface area contributed by atoms with E-state index in [9.17, 15) is 9.59 Å². The van der Waals surface area contributed by atoms with E-state index in [4.69, 9.17) is 4.74 Å². The highest BCUT2D eigenvalue weighted by Gasteiger charge is 2.31. The van der Waals surface area contributed by atoms with Crippen molar-refractivity contribution in [2.24, 2.45) is 5.10 Å². The number of nitrogens with zero attached hydrogens (tertiary/aromatic N) is 3. The third-order valence-electron chi connectivity index (χ3n) is 6.58. The van der Waals surface area contributed by atoms with E-state index >= 15 is 0 Å². The summed E-state index contributed by atoms with van der Waals surface area (Å²) in [6.07, 6.45) is 6.06. The summed E-state index contributed by atoms with van der Waals surface area (Å²) in [6, 6.07) is 11.5. The number of rotatable bonds is 4. The summed E-state index contributed by atoms with van der Waals surface area (Å²) in [7, 11) is 1.44. The van der Waals surface area contributed by atoms with Crippen molar-refractivity contribution in [1.82, 2.24) is 4.57 Å². The van der Waals surface area contributed by atoms with Gasteiger partial charge in [0.15, 0.2) is 0 Å². The lowest BCUT2D eigenvalue weighted by Gasteiger charge is -2.13. The third kappa shape index (κ3) is 3.60. The van der Waals surface area contributed by atoms with E-state index < -0.39 is 0 Å². The van der Waals surface area contributed by atoms with Crippen molar-refractivity contribution in [3.63, 3.8) is 0 Å². The minimum Gasteiger partial charge on any atom is -0.465 e. The van der Waals surface area contributed by atoms with Crippen LogP contribution in [0.25, 0.3) is 11.1 Å². The van der Waals surface area contributed by atoms with Crippen LogP contribution in [0.5, 0.6) is 0 Å². The standard InChI is InChI=1S/C27H27N3O3S/c1-16-14-19(15-22-17(2)28-30(25(22)31)20-10-6-5-7-11-20)18(3)29(16)26-24(27(32)33-4)21-12-8-9-13-23(21)34-26/h5-7,10-11,14-15H,8-9,12-13H2,1-4H3. The summed E-state index contributed by atoms with van der Waals surface area (Å²) in [5.41, 5.74) is 6.75. The molecule has 1 aliphatic heterocycles. The fourth-order valence-corrected chi connectivity index (χ4v) is 6.34. The maximum Gasteiger partial charge on any atom is 0.341 e. The number of fused-ring (bicyclic) bond motifs is 1. The zero-order chi connectivity index (χ0) is 24.0. The molecule has 0 spiro atoms. The van der Waals surface area contributed by atoms with Gasteiger partial charge in [0, 0.05) is 16.3 Å². The first-order valence-electron chi connectivity index (χ1n) is 11.5. The van der Waals surface area contributed by atoms with Gasteiger partial charge in [-0.25, -0.2) is 4.79 Å². The van der Waals surface area contributed by atoms with Crippen LogP contribution in [0.4, 0.5) is 5.69 Å². The number of benzene rings is 1. The van der Waals surface area contributed by atoms with Crippen LogP contribution >= 0.6 is 11.3 Å². The summed E-state index contributed by atoms with van der Waals surface area (Å²) in [6.45, 7) is 5.91. The van der Waals surface area contributed by atoms with Gasteiger partial charge in [-0.3, -0.25) is 4.79 Å². The second kappa shape index (κ2) is 8.72. The highest BCUT2D eigenvalue weighted by atomic mass is 32.1. The smallest absolute Gasteiger partial charge is 0.341 e. The van der Waals surface area contributed by atoms with Crippen molar-refractivity contribution in [1.29, 1.82) is 0 Å². The molecule has 6 nitrogen and oxygen atoms in total. The maximum absolute atomic E-state index is 13.2. The van der Waals surface area contributed by atoms with Gasteiger partial charge >= 0.3 is 5.97 Å². The average molecular weight is 474 g/mol. The summed E-state index contributed by atoms with van der Waals surface area (Å²) in [5.74, 6) is -0.426. The Morgan fingerprint density at radius 1 is 1.12 bits per heavy atom. The van der Waals surface area contributed by atoms with Gasteiger partial charge in [-0.1, -0.05) is 18.2 Å². The Kier molecular flexibility index (Phi) is 5.73. The van der Waals surface area contributed by atoms with Crippen molar-refractivity contribution in [2.75, 3.05) is 12.1 Å². The Morgan fingerprint density at radius 2 is 1.85 bits per heavy atom. The Morgan fingerprint density at radius 3 is 2.59 bits per heavy atom. The van der Waals surface area contributed by atoms with Crippen LogP contribution in [-0.4, -0.2) is 29.3 Å². The molecule has 1 aromatic carbocycles. The van der Waals surface area contributed by atoms with Gasteiger partial charge < -0.3 is 9.30 Å². The van der Waals surface area contributed by atoms with E-state index in [2.05, 4.69) is 15.7 Å². The molecule has 2 aliphatic rings. The van der Waals surface area contributed by atoms with Crippen LogP contribution in [0.3, 0.4) is 0 Å². The molecule has 7 heteroatoms.